The quantitative estimate of drug-likeness (QED) is 0.896. The van der Waals surface area contributed by atoms with Gasteiger partial charge in [-0.1, -0.05) is 25.4 Å². The number of halogens is 2. The maximum Gasteiger partial charge on any atom is 0.337 e. The van der Waals surface area contributed by atoms with E-state index < -0.39 is 37.3 Å². The molecule has 5 nitrogen and oxygen atoms in total. The van der Waals surface area contributed by atoms with Crippen LogP contribution in [0, 0.1) is 11.7 Å². The minimum Gasteiger partial charge on any atom is -0.478 e. The molecular formula is C13H17ClFNO4S. The van der Waals surface area contributed by atoms with Gasteiger partial charge in [0, 0.05) is 13.1 Å². The largest absolute Gasteiger partial charge is 0.478 e. The summed E-state index contributed by atoms with van der Waals surface area (Å²) in [6, 6.07) is 1.27. The highest BCUT2D eigenvalue weighted by atomic mass is 35.5. The Labute approximate surface area is 128 Å². The van der Waals surface area contributed by atoms with Crippen LogP contribution in [0.5, 0.6) is 0 Å². The van der Waals surface area contributed by atoms with E-state index in [4.69, 9.17) is 16.7 Å². The van der Waals surface area contributed by atoms with E-state index in [0.717, 1.165) is 16.4 Å². The van der Waals surface area contributed by atoms with Crippen molar-refractivity contribution in [3.63, 3.8) is 0 Å². The van der Waals surface area contributed by atoms with Gasteiger partial charge in [0.1, 0.15) is 5.82 Å². The zero-order valence-electron chi connectivity index (χ0n) is 12.1. The third kappa shape index (κ3) is 3.53. The van der Waals surface area contributed by atoms with Crippen molar-refractivity contribution in [2.45, 2.75) is 31.7 Å². The molecule has 1 rings (SSSR count). The molecule has 0 radical (unpaired) electrons. The number of benzene rings is 1. The van der Waals surface area contributed by atoms with Crippen LogP contribution < -0.4 is 0 Å². The number of rotatable bonds is 5. The van der Waals surface area contributed by atoms with Gasteiger partial charge < -0.3 is 5.11 Å². The highest BCUT2D eigenvalue weighted by molar-refractivity contribution is 7.89. The molecule has 1 N–H and O–H groups in total. The van der Waals surface area contributed by atoms with Crippen LogP contribution in [-0.2, 0) is 10.0 Å². The zero-order valence-corrected chi connectivity index (χ0v) is 13.7. The summed E-state index contributed by atoms with van der Waals surface area (Å²) in [7, 11) is -2.64. The molecule has 1 aromatic carbocycles. The molecule has 0 fully saturated rings. The molecule has 0 spiro atoms. The smallest absolute Gasteiger partial charge is 0.337 e. The van der Waals surface area contributed by atoms with Gasteiger partial charge >= 0.3 is 5.97 Å². The van der Waals surface area contributed by atoms with E-state index in [1.165, 1.54) is 7.05 Å². The summed E-state index contributed by atoms with van der Waals surface area (Å²) in [5.74, 6) is -2.53. The van der Waals surface area contributed by atoms with Crippen LogP contribution in [0.3, 0.4) is 0 Å². The van der Waals surface area contributed by atoms with Crippen LogP contribution in [0.2, 0.25) is 5.02 Å². The molecule has 0 saturated carbocycles. The number of sulfonamides is 1. The maximum atomic E-state index is 13.7. The van der Waals surface area contributed by atoms with Crippen molar-refractivity contribution in [1.82, 2.24) is 4.31 Å². The summed E-state index contributed by atoms with van der Waals surface area (Å²) in [5.41, 5.74) is -0.583. The Kier molecular flexibility index (Phi) is 5.35. The lowest BCUT2D eigenvalue weighted by Crippen LogP contribution is -2.38. The fraction of sp³-hybridized carbons (Fsp3) is 0.462. The molecule has 0 amide bonds. The summed E-state index contributed by atoms with van der Waals surface area (Å²) in [6.07, 6.45) is 0. The van der Waals surface area contributed by atoms with E-state index in [9.17, 15) is 17.6 Å². The molecule has 0 aromatic heterocycles. The van der Waals surface area contributed by atoms with Crippen molar-refractivity contribution in [2.75, 3.05) is 7.05 Å². The van der Waals surface area contributed by atoms with E-state index in [2.05, 4.69) is 0 Å². The summed E-state index contributed by atoms with van der Waals surface area (Å²) < 4.78 is 39.6. The van der Waals surface area contributed by atoms with Crippen molar-refractivity contribution in [3.05, 3.63) is 28.5 Å². The van der Waals surface area contributed by atoms with Gasteiger partial charge in [0.05, 0.1) is 15.5 Å². The number of aromatic carboxylic acids is 1. The SMILES string of the molecule is CC(C)C(C)N(C)S(=O)(=O)c1cc(F)c(Cl)c(C(=O)O)c1. The Morgan fingerprint density at radius 2 is 1.86 bits per heavy atom. The number of carboxylic acid groups (broad SMARTS) is 1. The predicted molar refractivity (Wildman–Crippen MR) is 77.6 cm³/mol. The molecule has 0 aliphatic carbocycles. The van der Waals surface area contributed by atoms with Crippen molar-refractivity contribution in [2.24, 2.45) is 5.92 Å². The van der Waals surface area contributed by atoms with E-state index >= 15 is 0 Å². The summed E-state index contributed by atoms with van der Waals surface area (Å²) in [4.78, 5) is 10.6. The first-order chi connectivity index (χ1) is 9.50. The normalized spacial score (nSPS) is 13.7. The van der Waals surface area contributed by atoms with Gasteiger partial charge in [0.2, 0.25) is 10.0 Å². The lowest BCUT2D eigenvalue weighted by atomic mass is 10.1. The Balaban J connectivity index is 3.43. The molecule has 0 saturated heterocycles. The molecule has 0 aliphatic heterocycles. The van der Waals surface area contributed by atoms with Gasteiger partial charge in [-0.25, -0.2) is 17.6 Å². The number of hydrogen-bond donors (Lipinski definition) is 1. The van der Waals surface area contributed by atoms with Crippen molar-refractivity contribution < 1.29 is 22.7 Å². The summed E-state index contributed by atoms with van der Waals surface area (Å²) in [6.45, 7) is 5.41. The van der Waals surface area contributed by atoms with Gasteiger partial charge in [-0.15, -0.1) is 0 Å². The third-order valence-electron chi connectivity index (χ3n) is 3.45. The Bertz CT molecular complexity index is 660. The van der Waals surface area contributed by atoms with Gasteiger partial charge in [0.15, 0.2) is 0 Å². The second kappa shape index (κ2) is 6.29. The minimum absolute atomic E-state index is 0.0425. The fourth-order valence-electron chi connectivity index (χ4n) is 1.67. The first-order valence-electron chi connectivity index (χ1n) is 6.20. The number of hydrogen-bond acceptors (Lipinski definition) is 3. The molecule has 1 unspecified atom stereocenters. The Hall–Kier alpha value is -1.18. The van der Waals surface area contributed by atoms with Crippen molar-refractivity contribution in [1.29, 1.82) is 0 Å². The van der Waals surface area contributed by atoms with Crippen molar-refractivity contribution in [3.8, 4) is 0 Å². The number of carbonyl (C=O) groups is 1. The van der Waals surface area contributed by atoms with E-state index in [-0.39, 0.29) is 12.0 Å². The topological polar surface area (TPSA) is 74.7 Å². The van der Waals surface area contributed by atoms with Crippen LogP contribution in [0.15, 0.2) is 17.0 Å². The van der Waals surface area contributed by atoms with Gasteiger partial charge in [-0.05, 0) is 25.0 Å². The average molecular weight is 338 g/mol. The Morgan fingerprint density at radius 3 is 2.29 bits per heavy atom. The van der Waals surface area contributed by atoms with Gasteiger partial charge in [0.25, 0.3) is 0 Å². The first-order valence-corrected chi connectivity index (χ1v) is 8.02. The van der Waals surface area contributed by atoms with E-state index in [0.29, 0.717) is 0 Å². The van der Waals surface area contributed by atoms with Crippen LogP contribution in [-0.4, -0.2) is 36.9 Å². The molecular weight excluding hydrogens is 321 g/mol. The molecule has 0 bridgehead atoms. The summed E-state index contributed by atoms with van der Waals surface area (Å²) in [5, 5.41) is 8.35. The highest BCUT2D eigenvalue weighted by Gasteiger charge is 2.29. The maximum absolute atomic E-state index is 13.7. The number of nitrogens with zero attached hydrogens (tertiary/aromatic N) is 1. The minimum atomic E-state index is -4.01. The predicted octanol–water partition coefficient (Wildman–Crippen LogP) is 2.84. The standard InChI is InChI=1S/C13H17ClFNO4S/c1-7(2)8(3)16(4)21(19,20)9-5-10(13(17)18)12(14)11(15)6-9/h5-8H,1-4H3,(H,17,18). The van der Waals surface area contributed by atoms with Crippen LogP contribution in [0.4, 0.5) is 4.39 Å². The van der Waals surface area contributed by atoms with Gasteiger partial charge in [-0.2, -0.15) is 4.31 Å². The van der Waals surface area contributed by atoms with Crippen molar-refractivity contribution >= 4 is 27.6 Å². The monoisotopic (exact) mass is 337 g/mol. The summed E-state index contributed by atoms with van der Waals surface area (Å²) >= 11 is 5.54. The van der Waals surface area contributed by atoms with Crippen LogP contribution in [0.1, 0.15) is 31.1 Å². The molecule has 1 atom stereocenters. The van der Waals surface area contributed by atoms with Crippen LogP contribution in [0.25, 0.3) is 0 Å². The Morgan fingerprint density at radius 1 is 1.33 bits per heavy atom. The third-order valence-corrected chi connectivity index (χ3v) is 5.75. The molecule has 118 valence electrons. The van der Waals surface area contributed by atoms with E-state index in [1.54, 1.807) is 6.92 Å². The first kappa shape index (κ1) is 17.9. The van der Waals surface area contributed by atoms with Crippen LogP contribution >= 0.6 is 11.6 Å². The molecule has 8 heteroatoms. The second-order valence-corrected chi connectivity index (χ2v) is 7.45. The molecule has 0 heterocycles. The lowest BCUT2D eigenvalue weighted by Gasteiger charge is -2.27. The fourth-order valence-corrected chi connectivity index (χ4v) is 3.40. The lowest BCUT2D eigenvalue weighted by molar-refractivity contribution is 0.0696. The molecule has 0 aliphatic rings. The highest BCUT2D eigenvalue weighted by Crippen LogP contribution is 2.27. The molecule has 21 heavy (non-hydrogen) atoms. The molecule has 1 aromatic rings. The zero-order chi connectivity index (χ0) is 16.5. The second-order valence-electron chi connectivity index (χ2n) is 5.08. The average Bonchev–Trinajstić information content (AvgIpc) is 2.39. The van der Waals surface area contributed by atoms with E-state index in [1.807, 2.05) is 13.8 Å². The van der Waals surface area contributed by atoms with Gasteiger partial charge in [-0.3, -0.25) is 0 Å². The number of carboxylic acids is 1.